The summed E-state index contributed by atoms with van der Waals surface area (Å²) in [4.78, 5) is 74.4. The fraction of sp³-hybridized carbons (Fsp3) is 0.605. The minimum atomic E-state index is -0.902. The lowest BCUT2D eigenvalue weighted by atomic mass is 9.75. The minimum Gasteiger partial charge on any atom is -0.389 e. The van der Waals surface area contributed by atoms with Gasteiger partial charge in [0.2, 0.25) is 11.7 Å². The van der Waals surface area contributed by atoms with Crippen molar-refractivity contribution >= 4 is 46.4 Å². The van der Waals surface area contributed by atoms with E-state index in [1.165, 1.54) is 0 Å². The van der Waals surface area contributed by atoms with E-state index in [0.29, 0.717) is 35.9 Å². The molecule has 3 aliphatic carbocycles. The average molecular weight is 691 g/mol. The first-order chi connectivity index (χ1) is 23.2. The van der Waals surface area contributed by atoms with Crippen LogP contribution in [0.3, 0.4) is 0 Å². The third-order valence-corrected chi connectivity index (χ3v) is 11.1. The normalized spacial score (nSPS) is 27.3. The second kappa shape index (κ2) is 13.6. The van der Waals surface area contributed by atoms with Crippen molar-refractivity contribution in [3.8, 4) is 0 Å². The number of oxime groups is 1. The van der Waals surface area contributed by atoms with Crippen LogP contribution in [0.25, 0.3) is 0 Å². The van der Waals surface area contributed by atoms with Crippen molar-refractivity contribution in [3.05, 3.63) is 52.8 Å². The molecule has 1 aliphatic heterocycles. The van der Waals surface area contributed by atoms with E-state index < -0.39 is 46.4 Å². The molecule has 1 aromatic heterocycles. The van der Waals surface area contributed by atoms with Gasteiger partial charge in [-0.1, -0.05) is 69.4 Å². The fourth-order valence-electron chi connectivity index (χ4n) is 7.83. The number of aryl methyl sites for hydroxylation is 1. The van der Waals surface area contributed by atoms with E-state index in [-0.39, 0.29) is 55.0 Å². The lowest BCUT2D eigenvalue weighted by molar-refractivity contribution is -0.141. The highest BCUT2D eigenvalue weighted by Crippen LogP contribution is 2.51. The van der Waals surface area contributed by atoms with Gasteiger partial charge in [-0.2, -0.15) is 5.10 Å². The van der Waals surface area contributed by atoms with Crippen LogP contribution in [0.1, 0.15) is 103 Å². The van der Waals surface area contributed by atoms with Crippen molar-refractivity contribution < 1.29 is 28.8 Å². The van der Waals surface area contributed by atoms with Gasteiger partial charge in [0.1, 0.15) is 11.4 Å². The lowest BCUT2D eigenvalue weighted by Gasteiger charge is -2.33. The number of rotatable bonds is 14. The number of amides is 1. The number of halogens is 1. The Morgan fingerprint density at radius 1 is 1.08 bits per heavy atom. The van der Waals surface area contributed by atoms with Gasteiger partial charge in [-0.3, -0.25) is 28.7 Å². The minimum absolute atomic E-state index is 0.00159. The van der Waals surface area contributed by atoms with Gasteiger partial charge in [0, 0.05) is 85.5 Å². The highest BCUT2D eigenvalue weighted by atomic mass is 35.5. The Hall–Kier alpha value is -3.66. The molecule has 0 saturated heterocycles. The van der Waals surface area contributed by atoms with E-state index in [0.717, 1.165) is 24.1 Å². The topological polar surface area (TPSA) is 137 Å². The van der Waals surface area contributed by atoms with Gasteiger partial charge in [-0.15, -0.1) is 0 Å². The number of Topliss-reactive ketones (excluding diaryl/α,β-unsaturated/α-hetero) is 4. The van der Waals surface area contributed by atoms with Gasteiger partial charge in [-0.25, -0.2) is 0 Å². The van der Waals surface area contributed by atoms with Crippen molar-refractivity contribution in [2.45, 2.75) is 103 Å². The van der Waals surface area contributed by atoms with E-state index >= 15 is 0 Å². The number of hydrogen-bond acceptors (Lipinski definition) is 8. The zero-order valence-corrected chi connectivity index (χ0v) is 29.8. The zero-order chi connectivity index (χ0) is 35.2. The lowest BCUT2D eigenvalue weighted by Crippen LogP contribution is -2.52. The summed E-state index contributed by atoms with van der Waals surface area (Å²) in [7, 11) is 1.84. The molecule has 49 heavy (non-hydrogen) atoms. The number of carbonyl (C=O) groups excluding carboxylic acids is 5. The smallest absolute Gasteiger partial charge is 0.224 e. The largest absolute Gasteiger partial charge is 0.389 e. The van der Waals surface area contributed by atoms with E-state index in [4.69, 9.17) is 16.4 Å². The maximum atomic E-state index is 14.7. The third-order valence-electron chi connectivity index (χ3n) is 10.9. The van der Waals surface area contributed by atoms with Crippen molar-refractivity contribution in [1.29, 1.82) is 0 Å². The van der Waals surface area contributed by atoms with E-state index in [1.54, 1.807) is 17.7 Å². The second-order valence-electron chi connectivity index (χ2n) is 15.9. The highest BCUT2D eigenvalue weighted by molar-refractivity contribution is 6.38. The molecule has 10 nitrogen and oxygen atoms in total. The van der Waals surface area contributed by atoms with E-state index in [1.807, 2.05) is 58.3 Å². The maximum absolute atomic E-state index is 14.7. The van der Waals surface area contributed by atoms with Gasteiger partial charge >= 0.3 is 0 Å². The van der Waals surface area contributed by atoms with Crippen molar-refractivity contribution in [1.82, 2.24) is 15.1 Å². The van der Waals surface area contributed by atoms with E-state index in [9.17, 15) is 24.0 Å². The number of ketones is 4. The number of nitrogens with zero attached hydrogens (tertiary/aromatic N) is 3. The third kappa shape index (κ3) is 7.74. The molecule has 0 bridgehead atoms. The summed E-state index contributed by atoms with van der Waals surface area (Å²) in [6.45, 7) is 7.39. The first-order valence-electron chi connectivity index (χ1n) is 17.6. The standard InChI is InChI=1S/C38H47ClN4O6/c1-6-31(44)33(46)23(14-21-10-11-21)16-32(45)27-18-38(20-30(42-49-38)22-8-7-9-24(39)15-22)19-28(27)34(47)35(37(2,3)4)40-36(48)26-17-25(26)29-12-13-43(5)41-29/h7-9,12-13,15,21,23,25-28,35H,6,10-11,14,16-20H2,1-5H3,(H,40,48)/t23-,25?,26?,27-,28?,35-,38-/m1/s1. The van der Waals surface area contributed by atoms with Crippen LogP contribution < -0.4 is 5.32 Å². The molecule has 1 aromatic carbocycles. The number of nitrogens with one attached hydrogen (secondary N) is 1. The summed E-state index contributed by atoms with van der Waals surface area (Å²) >= 11 is 6.27. The predicted molar refractivity (Wildman–Crippen MR) is 184 cm³/mol. The van der Waals surface area contributed by atoms with Crippen molar-refractivity contribution in [3.63, 3.8) is 0 Å². The summed E-state index contributed by atoms with van der Waals surface area (Å²) in [6.07, 6.45) is 5.87. The molecular weight excluding hydrogens is 644 g/mol. The summed E-state index contributed by atoms with van der Waals surface area (Å²) in [5.74, 6) is -3.75. The molecule has 6 rings (SSSR count). The second-order valence-corrected chi connectivity index (χ2v) is 16.3. The number of aromatic nitrogens is 2. The summed E-state index contributed by atoms with van der Waals surface area (Å²) < 4.78 is 1.71. The van der Waals surface area contributed by atoms with Crippen LogP contribution in [0.5, 0.6) is 0 Å². The molecule has 2 aromatic rings. The molecule has 11 heteroatoms. The molecule has 3 saturated carbocycles. The Bertz CT molecular complexity index is 1690. The van der Waals surface area contributed by atoms with Gasteiger partial charge in [0.05, 0.1) is 17.4 Å². The van der Waals surface area contributed by atoms with E-state index in [2.05, 4.69) is 15.6 Å². The first-order valence-corrected chi connectivity index (χ1v) is 18.0. The van der Waals surface area contributed by atoms with Crippen LogP contribution in [0.4, 0.5) is 0 Å². The maximum Gasteiger partial charge on any atom is 0.224 e. The fourth-order valence-corrected chi connectivity index (χ4v) is 8.02. The molecular formula is C38H47ClN4O6. The number of benzene rings is 1. The molecule has 1 spiro atoms. The van der Waals surface area contributed by atoms with Crippen LogP contribution in [-0.4, -0.2) is 56.2 Å². The molecule has 262 valence electrons. The Morgan fingerprint density at radius 2 is 1.82 bits per heavy atom. The monoisotopic (exact) mass is 690 g/mol. The van der Waals surface area contributed by atoms with Crippen molar-refractivity contribution in [2.24, 2.45) is 47.2 Å². The summed E-state index contributed by atoms with van der Waals surface area (Å²) in [6, 6.07) is 8.37. The molecule has 4 aliphatic rings. The highest BCUT2D eigenvalue weighted by Gasteiger charge is 2.57. The Labute approximate surface area is 292 Å². The van der Waals surface area contributed by atoms with Gasteiger partial charge < -0.3 is 10.2 Å². The molecule has 1 N–H and O–H groups in total. The summed E-state index contributed by atoms with van der Waals surface area (Å²) in [5, 5.41) is 12.5. The Morgan fingerprint density at radius 3 is 2.45 bits per heavy atom. The van der Waals surface area contributed by atoms with Gasteiger partial charge in [0.25, 0.3) is 0 Å². The molecule has 1 amide bonds. The number of hydrogen-bond donors (Lipinski definition) is 1. The zero-order valence-electron chi connectivity index (χ0n) is 29.0. The number of carbonyl (C=O) groups is 5. The Balaban J connectivity index is 1.25. The SMILES string of the molecule is CCC(=O)C(=O)[C@@H](CC(=O)[C@@H]1C[C@]2(CC(c3cccc(Cl)c3)=NO2)CC1C(=O)[C@@H](NC(=O)C1CC1c1ccn(C)n1)C(C)(C)C)CC1CC1. The first kappa shape index (κ1) is 35.2. The van der Waals surface area contributed by atoms with Crippen LogP contribution in [0.15, 0.2) is 41.7 Å². The van der Waals surface area contributed by atoms with Gasteiger partial charge in [-0.05, 0) is 42.4 Å². The van der Waals surface area contributed by atoms with Gasteiger partial charge in [0.15, 0.2) is 11.6 Å². The molecule has 3 unspecified atom stereocenters. The summed E-state index contributed by atoms with van der Waals surface area (Å²) in [5.41, 5.74) is 0.799. The van der Waals surface area contributed by atoms with Crippen LogP contribution >= 0.6 is 11.6 Å². The quantitative estimate of drug-likeness (QED) is 0.248. The molecule has 0 radical (unpaired) electrons. The van der Waals surface area contributed by atoms with Crippen LogP contribution in [-0.2, 0) is 35.9 Å². The predicted octanol–water partition coefficient (Wildman–Crippen LogP) is 5.79. The van der Waals surface area contributed by atoms with Crippen LogP contribution in [0.2, 0.25) is 5.02 Å². The molecule has 3 fully saturated rings. The van der Waals surface area contributed by atoms with Crippen molar-refractivity contribution in [2.75, 3.05) is 0 Å². The molecule has 7 atom stereocenters. The molecule has 2 heterocycles. The Kier molecular flexibility index (Phi) is 9.74. The average Bonchev–Trinajstić information content (AvgIpc) is 3.93. The van der Waals surface area contributed by atoms with Crippen LogP contribution in [0, 0.1) is 35.0 Å².